The van der Waals surface area contributed by atoms with E-state index in [1.807, 2.05) is 12.4 Å². The van der Waals surface area contributed by atoms with Crippen molar-refractivity contribution >= 4 is 11.4 Å². The van der Waals surface area contributed by atoms with E-state index in [-0.39, 0.29) is 0 Å². The van der Waals surface area contributed by atoms with E-state index in [4.69, 9.17) is 4.99 Å². The molecule has 0 amide bonds. The van der Waals surface area contributed by atoms with Gasteiger partial charge in [0.05, 0.1) is 17.0 Å². The Morgan fingerprint density at radius 2 is 1.75 bits per heavy atom. The van der Waals surface area contributed by atoms with Gasteiger partial charge in [0.15, 0.2) is 0 Å². The Labute approximate surface area is 214 Å². The van der Waals surface area contributed by atoms with Crippen LogP contribution in [-0.2, 0) is 19.4 Å². The zero-order valence-corrected chi connectivity index (χ0v) is 21.3. The van der Waals surface area contributed by atoms with Crippen LogP contribution < -0.4 is 0 Å². The lowest BCUT2D eigenvalue weighted by molar-refractivity contribution is 0.148. The molecule has 2 aliphatic heterocycles. The van der Waals surface area contributed by atoms with Crippen molar-refractivity contribution in [3.8, 4) is 11.8 Å². The number of piperazine rings is 1. The molecule has 0 spiro atoms. The highest BCUT2D eigenvalue weighted by Crippen LogP contribution is 2.32. The minimum atomic E-state index is 0.792. The predicted molar refractivity (Wildman–Crippen MR) is 145 cm³/mol. The van der Waals surface area contributed by atoms with Gasteiger partial charge in [0.1, 0.15) is 5.82 Å². The molecule has 1 saturated carbocycles. The molecule has 36 heavy (non-hydrogen) atoms. The lowest BCUT2D eigenvalue weighted by atomic mass is 9.98. The smallest absolute Gasteiger partial charge is 0.128 e. The summed E-state index contributed by atoms with van der Waals surface area (Å²) in [6.45, 7) is 7.70. The molecule has 0 N–H and O–H groups in total. The van der Waals surface area contributed by atoms with Gasteiger partial charge in [-0.1, -0.05) is 36.1 Å². The van der Waals surface area contributed by atoms with Crippen LogP contribution in [0.4, 0.5) is 5.69 Å². The van der Waals surface area contributed by atoms with Crippen LogP contribution in [0.5, 0.6) is 0 Å². The maximum atomic E-state index is 4.98. The highest BCUT2D eigenvalue weighted by molar-refractivity contribution is 6.06. The number of aryl methyl sites for hydroxylation is 1. The topological polar surface area (TPSA) is 44.6 Å². The Balaban J connectivity index is 1.14. The third-order valence-electron chi connectivity index (χ3n) is 7.55. The summed E-state index contributed by atoms with van der Waals surface area (Å²) < 4.78 is 0. The molecule has 182 valence electrons. The van der Waals surface area contributed by atoms with E-state index in [0.717, 1.165) is 85.4 Å². The second-order valence-corrected chi connectivity index (χ2v) is 10.6. The highest BCUT2D eigenvalue weighted by Gasteiger charge is 2.22. The average molecular weight is 476 g/mol. The molecule has 3 aromatic rings. The van der Waals surface area contributed by atoms with Gasteiger partial charge in [0.25, 0.3) is 0 Å². The summed E-state index contributed by atoms with van der Waals surface area (Å²) in [5, 5.41) is 0. The van der Waals surface area contributed by atoms with E-state index >= 15 is 0 Å². The monoisotopic (exact) mass is 475 g/mol. The third kappa shape index (κ3) is 5.41. The number of likely N-dealkylation sites (N-methyl/N-ethyl adjacent to an activating group) is 1. The molecule has 0 atom stereocenters. The fourth-order valence-electron chi connectivity index (χ4n) is 4.96. The van der Waals surface area contributed by atoms with Crippen molar-refractivity contribution in [2.24, 2.45) is 10.9 Å². The Morgan fingerprint density at radius 1 is 0.944 bits per heavy atom. The quantitative estimate of drug-likeness (QED) is 0.508. The molecule has 2 aromatic carbocycles. The normalized spacial score (nSPS) is 17.9. The third-order valence-corrected chi connectivity index (χ3v) is 7.55. The molecule has 5 heteroatoms. The summed E-state index contributed by atoms with van der Waals surface area (Å²) in [6.07, 6.45) is 8.21. The van der Waals surface area contributed by atoms with Crippen molar-refractivity contribution in [1.82, 2.24) is 19.8 Å². The average Bonchev–Trinajstić information content (AvgIpc) is 3.61. The van der Waals surface area contributed by atoms with Crippen LogP contribution in [0.2, 0.25) is 0 Å². The van der Waals surface area contributed by atoms with Crippen LogP contribution in [-0.4, -0.2) is 58.7 Å². The number of hydrogen-bond donors (Lipinski definition) is 0. The van der Waals surface area contributed by atoms with E-state index in [9.17, 15) is 0 Å². The molecule has 0 bridgehead atoms. The van der Waals surface area contributed by atoms with E-state index in [0.29, 0.717) is 0 Å². The molecular formula is C31H33N5. The van der Waals surface area contributed by atoms with Crippen molar-refractivity contribution in [1.29, 1.82) is 0 Å². The number of nitrogens with zero attached hydrogens (tertiary/aromatic N) is 5. The first-order valence-corrected chi connectivity index (χ1v) is 13.1. The molecule has 0 unspecified atom stereocenters. The van der Waals surface area contributed by atoms with Gasteiger partial charge < -0.3 is 4.90 Å². The summed E-state index contributed by atoms with van der Waals surface area (Å²) in [5.41, 5.74) is 9.15. The van der Waals surface area contributed by atoms with Crippen molar-refractivity contribution in [3.63, 3.8) is 0 Å². The maximum absolute atomic E-state index is 4.98. The number of aromatic nitrogens is 2. The first kappa shape index (κ1) is 23.1. The van der Waals surface area contributed by atoms with Crippen LogP contribution in [0, 0.1) is 24.7 Å². The van der Waals surface area contributed by atoms with Gasteiger partial charge in [-0.3, -0.25) is 9.89 Å². The predicted octanol–water partition coefficient (Wildman–Crippen LogP) is 4.56. The summed E-state index contributed by atoms with van der Waals surface area (Å²) in [5.74, 6) is 8.34. The molecular weight excluding hydrogens is 442 g/mol. The largest absolute Gasteiger partial charge is 0.304 e. The number of benzene rings is 2. The Hall–Kier alpha value is -3.33. The van der Waals surface area contributed by atoms with Crippen LogP contribution in [0.25, 0.3) is 0 Å². The van der Waals surface area contributed by atoms with E-state index in [1.54, 1.807) is 0 Å². The van der Waals surface area contributed by atoms with Crippen molar-refractivity contribution in [2.75, 3.05) is 33.2 Å². The number of aliphatic imine (C=N–C) groups is 1. The van der Waals surface area contributed by atoms with Crippen molar-refractivity contribution in [3.05, 3.63) is 88.0 Å². The zero-order valence-electron chi connectivity index (χ0n) is 21.3. The fourth-order valence-corrected chi connectivity index (χ4v) is 4.96. The first-order chi connectivity index (χ1) is 17.6. The Bertz CT molecular complexity index is 1350. The Kier molecular flexibility index (Phi) is 6.39. The second-order valence-electron chi connectivity index (χ2n) is 10.6. The van der Waals surface area contributed by atoms with Gasteiger partial charge in [-0.2, -0.15) is 0 Å². The van der Waals surface area contributed by atoms with Gasteiger partial charge in [0.2, 0.25) is 0 Å². The summed E-state index contributed by atoms with van der Waals surface area (Å²) >= 11 is 0. The summed E-state index contributed by atoms with van der Waals surface area (Å²) in [7, 11) is 2.20. The van der Waals surface area contributed by atoms with Crippen LogP contribution in [0.1, 0.15) is 52.0 Å². The number of rotatable bonds is 5. The first-order valence-electron chi connectivity index (χ1n) is 13.1. The molecule has 1 aliphatic carbocycles. The SMILES string of the molecule is Cc1ccc(C2=Nc3ccc(CN4CCN(C)CC4)cc3C2)cc1C#Cc1cnc(CC2CC2)nc1. The Morgan fingerprint density at radius 3 is 2.53 bits per heavy atom. The molecule has 6 rings (SSSR count). The second kappa shape index (κ2) is 9.97. The molecule has 3 heterocycles. The lowest BCUT2D eigenvalue weighted by Gasteiger charge is -2.32. The standard InChI is InChI=1S/C31H33N5/c1-22-3-8-27(17-26(22)9-6-25-19-32-31(33-20-25)16-23-4-5-23)30-18-28-15-24(7-10-29(28)34-30)21-36-13-11-35(2)12-14-36/h3,7-8,10,15,17,19-20,23H,4-5,11-14,16,18,21H2,1-2H3. The minimum Gasteiger partial charge on any atom is -0.304 e. The van der Waals surface area contributed by atoms with Gasteiger partial charge in [-0.25, -0.2) is 9.97 Å². The number of hydrogen-bond acceptors (Lipinski definition) is 5. The molecule has 5 nitrogen and oxygen atoms in total. The zero-order chi connectivity index (χ0) is 24.5. The van der Waals surface area contributed by atoms with Gasteiger partial charge in [0, 0.05) is 63.5 Å². The molecule has 1 saturated heterocycles. The summed E-state index contributed by atoms with van der Waals surface area (Å²) in [6, 6.07) is 13.3. The molecule has 1 aromatic heterocycles. The van der Waals surface area contributed by atoms with Crippen LogP contribution >= 0.6 is 0 Å². The van der Waals surface area contributed by atoms with Gasteiger partial charge in [-0.05, 0) is 67.1 Å². The molecule has 3 aliphatic rings. The van der Waals surface area contributed by atoms with Crippen molar-refractivity contribution in [2.45, 2.75) is 39.2 Å². The van der Waals surface area contributed by atoms with Gasteiger partial charge in [-0.15, -0.1) is 0 Å². The minimum absolute atomic E-state index is 0.792. The van der Waals surface area contributed by atoms with Crippen molar-refractivity contribution < 1.29 is 0 Å². The highest BCUT2D eigenvalue weighted by atomic mass is 15.2. The van der Waals surface area contributed by atoms with E-state index in [2.05, 4.69) is 82.0 Å². The van der Waals surface area contributed by atoms with Gasteiger partial charge >= 0.3 is 0 Å². The van der Waals surface area contributed by atoms with E-state index in [1.165, 1.54) is 29.5 Å². The van der Waals surface area contributed by atoms with Crippen LogP contribution in [0.15, 0.2) is 53.8 Å². The lowest BCUT2D eigenvalue weighted by Crippen LogP contribution is -2.43. The fraction of sp³-hybridized carbons (Fsp3) is 0.387. The van der Waals surface area contributed by atoms with Crippen LogP contribution in [0.3, 0.4) is 0 Å². The van der Waals surface area contributed by atoms with E-state index < -0.39 is 0 Å². The summed E-state index contributed by atoms with van der Waals surface area (Å²) in [4.78, 5) is 18.9. The number of fused-ring (bicyclic) bond motifs is 1. The molecule has 2 fully saturated rings. The maximum Gasteiger partial charge on any atom is 0.128 e. The molecule has 0 radical (unpaired) electrons.